The quantitative estimate of drug-likeness (QED) is 0.594. The van der Waals surface area contributed by atoms with E-state index in [0.717, 1.165) is 23.1 Å². The summed E-state index contributed by atoms with van der Waals surface area (Å²) in [4.78, 5) is 6.17. The Kier molecular flexibility index (Phi) is 7.40. The number of aliphatic imine (C=N–C) groups is 1. The molecule has 27 heavy (non-hydrogen) atoms. The third-order valence-electron chi connectivity index (χ3n) is 4.18. The van der Waals surface area contributed by atoms with Crippen LogP contribution in [0, 0.1) is 11.6 Å². The molecule has 7 heteroatoms. The first-order valence-corrected chi connectivity index (χ1v) is 8.55. The second kappa shape index (κ2) is 9.75. The van der Waals surface area contributed by atoms with Crippen molar-refractivity contribution in [1.29, 1.82) is 0 Å². The lowest BCUT2D eigenvalue weighted by Crippen LogP contribution is -2.39. The molecule has 0 aliphatic heterocycles. The summed E-state index contributed by atoms with van der Waals surface area (Å²) >= 11 is 0. The highest BCUT2D eigenvalue weighted by Crippen LogP contribution is 2.25. The second-order valence-electron chi connectivity index (χ2n) is 5.97. The number of hydrogen-bond acceptors (Lipinski definition) is 3. The maximum Gasteiger partial charge on any atom is 0.193 e. The summed E-state index contributed by atoms with van der Waals surface area (Å²) < 4.78 is 37.6. The van der Waals surface area contributed by atoms with Crippen molar-refractivity contribution in [2.24, 2.45) is 4.99 Å². The Hall–Kier alpha value is -2.83. The molecule has 0 atom stereocenters. The number of nitrogens with zero attached hydrogens (tertiary/aromatic N) is 2. The van der Waals surface area contributed by atoms with Crippen LogP contribution in [0.15, 0.2) is 41.4 Å². The fraction of sp³-hybridized carbons (Fsp3) is 0.350. The van der Waals surface area contributed by atoms with Gasteiger partial charge in [0.2, 0.25) is 0 Å². The second-order valence-corrected chi connectivity index (χ2v) is 5.97. The van der Waals surface area contributed by atoms with E-state index in [1.165, 1.54) is 6.07 Å². The van der Waals surface area contributed by atoms with Gasteiger partial charge in [-0.1, -0.05) is 12.1 Å². The molecular formula is C20H25F2N3O2. The van der Waals surface area contributed by atoms with E-state index in [1.54, 1.807) is 27.3 Å². The zero-order valence-corrected chi connectivity index (χ0v) is 16.1. The van der Waals surface area contributed by atoms with Crippen LogP contribution in [-0.4, -0.2) is 45.7 Å². The van der Waals surface area contributed by atoms with Crippen LogP contribution in [0.25, 0.3) is 0 Å². The highest BCUT2D eigenvalue weighted by atomic mass is 19.2. The third-order valence-corrected chi connectivity index (χ3v) is 4.18. The Morgan fingerprint density at radius 3 is 2.56 bits per heavy atom. The maximum absolute atomic E-state index is 13.7. The molecular weight excluding hydrogens is 352 g/mol. The highest BCUT2D eigenvalue weighted by Gasteiger charge is 2.12. The monoisotopic (exact) mass is 377 g/mol. The smallest absolute Gasteiger partial charge is 0.193 e. The lowest BCUT2D eigenvalue weighted by atomic mass is 10.1. The van der Waals surface area contributed by atoms with E-state index in [0.29, 0.717) is 31.0 Å². The Balaban J connectivity index is 1.98. The normalized spacial score (nSPS) is 11.3. The summed E-state index contributed by atoms with van der Waals surface area (Å²) in [5.41, 5.74) is 1.30. The summed E-state index contributed by atoms with van der Waals surface area (Å²) in [6.07, 6.45) is 0.350. The van der Waals surface area contributed by atoms with Gasteiger partial charge in [-0.15, -0.1) is 0 Å². The Bertz CT molecular complexity index is 797. The van der Waals surface area contributed by atoms with E-state index in [2.05, 4.69) is 10.3 Å². The average Bonchev–Trinajstić information content (AvgIpc) is 2.68. The molecule has 0 fully saturated rings. The van der Waals surface area contributed by atoms with E-state index < -0.39 is 11.6 Å². The van der Waals surface area contributed by atoms with Gasteiger partial charge in [0.15, 0.2) is 17.6 Å². The Morgan fingerprint density at radius 1 is 1.11 bits per heavy atom. The number of nitrogens with one attached hydrogen (secondary N) is 1. The lowest BCUT2D eigenvalue weighted by Gasteiger charge is -2.23. The van der Waals surface area contributed by atoms with Gasteiger partial charge in [-0.05, 0) is 30.2 Å². The molecule has 2 aromatic carbocycles. The van der Waals surface area contributed by atoms with Crippen LogP contribution >= 0.6 is 0 Å². The summed E-state index contributed by atoms with van der Waals surface area (Å²) in [6.45, 7) is 0.984. The first kappa shape index (κ1) is 20.5. The largest absolute Gasteiger partial charge is 0.497 e. The lowest BCUT2D eigenvalue weighted by molar-refractivity contribution is 0.382. The molecule has 5 nitrogen and oxygen atoms in total. The predicted molar refractivity (Wildman–Crippen MR) is 102 cm³/mol. The highest BCUT2D eigenvalue weighted by molar-refractivity contribution is 5.79. The average molecular weight is 377 g/mol. The van der Waals surface area contributed by atoms with Crippen molar-refractivity contribution in [1.82, 2.24) is 10.2 Å². The van der Waals surface area contributed by atoms with Gasteiger partial charge >= 0.3 is 0 Å². The van der Waals surface area contributed by atoms with E-state index in [-0.39, 0.29) is 0 Å². The molecule has 0 saturated heterocycles. The molecule has 0 aliphatic carbocycles. The van der Waals surface area contributed by atoms with Crippen LogP contribution in [0.1, 0.15) is 11.1 Å². The van der Waals surface area contributed by atoms with Gasteiger partial charge in [-0.25, -0.2) is 8.78 Å². The molecule has 0 heterocycles. The molecule has 2 rings (SSSR count). The molecule has 1 N–H and O–H groups in total. The summed E-state index contributed by atoms with van der Waals surface area (Å²) in [5.74, 6) is 0.451. The number of halogens is 2. The van der Waals surface area contributed by atoms with E-state index in [1.807, 2.05) is 30.1 Å². The number of benzene rings is 2. The fourth-order valence-electron chi connectivity index (χ4n) is 2.75. The van der Waals surface area contributed by atoms with Crippen LogP contribution < -0.4 is 14.8 Å². The van der Waals surface area contributed by atoms with Crippen LogP contribution in [0.3, 0.4) is 0 Å². The minimum Gasteiger partial charge on any atom is -0.497 e. The van der Waals surface area contributed by atoms with Crippen molar-refractivity contribution in [2.75, 3.05) is 34.9 Å². The molecule has 146 valence electrons. The van der Waals surface area contributed by atoms with Gasteiger partial charge in [0.05, 0.1) is 14.2 Å². The predicted octanol–water partition coefficient (Wildman–Crippen LogP) is 3.23. The zero-order chi connectivity index (χ0) is 19.8. The molecule has 0 aromatic heterocycles. The van der Waals surface area contributed by atoms with Crippen molar-refractivity contribution in [3.05, 3.63) is 59.2 Å². The molecule has 0 bridgehead atoms. The van der Waals surface area contributed by atoms with Crippen molar-refractivity contribution < 1.29 is 18.3 Å². The van der Waals surface area contributed by atoms with Crippen molar-refractivity contribution >= 4 is 5.96 Å². The first-order chi connectivity index (χ1) is 13.0. The number of ether oxygens (including phenoxy) is 2. The third kappa shape index (κ3) is 5.32. The van der Waals surface area contributed by atoms with Gasteiger partial charge < -0.3 is 19.7 Å². The molecule has 0 spiro atoms. The summed E-state index contributed by atoms with van der Waals surface area (Å²) in [5, 5.41) is 3.17. The van der Waals surface area contributed by atoms with Gasteiger partial charge in [0, 0.05) is 38.8 Å². The zero-order valence-electron chi connectivity index (χ0n) is 16.1. The number of methoxy groups -OCH3 is 2. The number of rotatable bonds is 7. The van der Waals surface area contributed by atoms with Crippen LogP contribution in [0.4, 0.5) is 8.78 Å². The van der Waals surface area contributed by atoms with Crippen LogP contribution in [-0.2, 0) is 13.0 Å². The minimum atomic E-state index is -0.833. The van der Waals surface area contributed by atoms with Gasteiger partial charge in [0.1, 0.15) is 11.5 Å². The Labute approximate surface area is 158 Å². The van der Waals surface area contributed by atoms with E-state index in [9.17, 15) is 8.78 Å². The molecule has 0 saturated carbocycles. The van der Waals surface area contributed by atoms with Gasteiger partial charge in [0.25, 0.3) is 0 Å². The van der Waals surface area contributed by atoms with Gasteiger partial charge in [-0.2, -0.15) is 0 Å². The van der Waals surface area contributed by atoms with Crippen LogP contribution in [0.2, 0.25) is 0 Å². The minimum absolute atomic E-state index is 0.331. The van der Waals surface area contributed by atoms with E-state index >= 15 is 0 Å². The SMILES string of the molecule is CN=C(NCCc1cccc(F)c1F)N(C)Cc1ccc(OC)cc1OC. The number of guanidine groups is 1. The standard InChI is InChI=1S/C20H25F2N3O2/c1-23-20(24-11-10-14-6-5-7-17(21)19(14)22)25(2)13-15-8-9-16(26-3)12-18(15)27-4/h5-9,12H,10-11,13H2,1-4H3,(H,23,24). The molecule has 0 aliphatic rings. The van der Waals surface area contributed by atoms with E-state index in [4.69, 9.17) is 9.47 Å². The molecule has 0 radical (unpaired) electrons. The molecule has 2 aromatic rings. The molecule has 0 amide bonds. The Morgan fingerprint density at radius 2 is 1.89 bits per heavy atom. The van der Waals surface area contributed by atoms with Crippen molar-refractivity contribution in [3.8, 4) is 11.5 Å². The number of hydrogen-bond donors (Lipinski definition) is 1. The fourth-order valence-corrected chi connectivity index (χ4v) is 2.75. The van der Waals surface area contributed by atoms with Crippen molar-refractivity contribution in [3.63, 3.8) is 0 Å². The van der Waals surface area contributed by atoms with Gasteiger partial charge in [-0.3, -0.25) is 4.99 Å². The maximum atomic E-state index is 13.7. The molecule has 0 unspecified atom stereocenters. The van der Waals surface area contributed by atoms with Crippen molar-refractivity contribution in [2.45, 2.75) is 13.0 Å². The topological polar surface area (TPSA) is 46.1 Å². The summed E-state index contributed by atoms with van der Waals surface area (Å²) in [6, 6.07) is 9.82. The van der Waals surface area contributed by atoms with Crippen LogP contribution in [0.5, 0.6) is 11.5 Å². The summed E-state index contributed by atoms with van der Waals surface area (Å²) in [7, 11) is 6.78. The first-order valence-electron chi connectivity index (χ1n) is 8.55.